The Kier molecular flexibility index (Phi) is 5.37. The van der Waals surface area contributed by atoms with Crippen LogP contribution in [0.2, 0.25) is 0 Å². The molecular weight excluding hydrogens is 306 g/mol. The predicted octanol–water partition coefficient (Wildman–Crippen LogP) is 2.57. The minimum atomic E-state index is -0.210. The van der Waals surface area contributed by atoms with Gasteiger partial charge < -0.3 is 25.0 Å². The van der Waals surface area contributed by atoms with Crippen LogP contribution in [0.5, 0.6) is 0 Å². The van der Waals surface area contributed by atoms with Crippen LogP contribution in [0.15, 0.2) is 30.5 Å². The number of aliphatic hydroxyl groups excluding tert-OH is 1. The average Bonchev–Trinajstić information content (AvgIpc) is 3.34. The number of aliphatic hydroxyl groups is 1. The lowest BCUT2D eigenvalue weighted by atomic mass is 10.1. The first-order chi connectivity index (χ1) is 11.7. The minimum Gasteiger partial charge on any atom is -0.396 e. The number of rotatable bonds is 8. The predicted molar refractivity (Wildman–Crippen MR) is 94.2 cm³/mol. The standard InChI is InChI=1S/C18H25N3O3/c1-24-11-9-21-8-6-14-12-15(4-5-17(14)21)19-18(23)20-16(7-10-22)13-2-3-13/h4-6,8,12-13,16,22H,2-3,7,9-11H2,1H3,(H2,19,20,23)/t16-/m0/s1. The second kappa shape index (κ2) is 7.68. The van der Waals surface area contributed by atoms with Crippen molar-refractivity contribution in [1.29, 1.82) is 0 Å². The van der Waals surface area contributed by atoms with Crippen LogP contribution in [0.4, 0.5) is 10.5 Å². The number of hydrogen-bond donors (Lipinski definition) is 3. The fourth-order valence-electron chi connectivity index (χ4n) is 3.06. The summed E-state index contributed by atoms with van der Waals surface area (Å²) in [5.41, 5.74) is 1.89. The van der Waals surface area contributed by atoms with Crippen LogP contribution in [-0.4, -0.2) is 42.1 Å². The summed E-state index contributed by atoms with van der Waals surface area (Å²) in [5, 5.41) is 16.1. The van der Waals surface area contributed by atoms with E-state index in [1.807, 2.05) is 30.5 Å². The Balaban J connectivity index is 1.63. The van der Waals surface area contributed by atoms with Crippen molar-refractivity contribution < 1.29 is 14.6 Å². The summed E-state index contributed by atoms with van der Waals surface area (Å²) in [6.45, 7) is 1.57. The SMILES string of the molecule is COCCn1ccc2cc(NC(=O)N[C@@H](CCO)C3CC3)ccc21. The molecule has 1 saturated carbocycles. The fraction of sp³-hybridized carbons (Fsp3) is 0.500. The van der Waals surface area contributed by atoms with Crippen molar-refractivity contribution in [3.05, 3.63) is 30.5 Å². The number of carbonyl (C=O) groups is 1. The Morgan fingerprint density at radius 1 is 1.42 bits per heavy atom. The first-order valence-electron chi connectivity index (χ1n) is 8.47. The van der Waals surface area contributed by atoms with Gasteiger partial charge in [0.05, 0.1) is 6.61 Å². The number of nitrogens with one attached hydrogen (secondary N) is 2. The Bertz CT molecular complexity index is 694. The molecule has 0 bridgehead atoms. The number of fused-ring (bicyclic) bond motifs is 1. The first-order valence-corrected chi connectivity index (χ1v) is 8.47. The number of benzene rings is 1. The van der Waals surface area contributed by atoms with Gasteiger partial charge in [-0.2, -0.15) is 0 Å². The van der Waals surface area contributed by atoms with E-state index in [1.165, 1.54) is 0 Å². The molecule has 3 N–H and O–H groups in total. The number of amides is 2. The Morgan fingerprint density at radius 2 is 2.25 bits per heavy atom. The van der Waals surface area contributed by atoms with Gasteiger partial charge in [0, 0.05) is 49.1 Å². The number of anilines is 1. The summed E-state index contributed by atoms with van der Waals surface area (Å²) in [6, 6.07) is 7.77. The molecule has 1 fully saturated rings. The molecule has 3 rings (SSSR count). The van der Waals surface area contributed by atoms with E-state index in [9.17, 15) is 4.79 Å². The van der Waals surface area contributed by atoms with Gasteiger partial charge in [0.1, 0.15) is 0 Å². The molecule has 0 spiro atoms. The van der Waals surface area contributed by atoms with Gasteiger partial charge in [0.15, 0.2) is 0 Å². The molecule has 1 aromatic heterocycles. The highest BCUT2D eigenvalue weighted by atomic mass is 16.5. The molecule has 1 atom stereocenters. The highest BCUT2D eigenvalue weighted by Crippen LogP contribution is 2.34. The van der Waals surface area contributed by atoms with Crippen LogP contribution >= 0.6 is 0 Å². The minimum absolute atomic E-state index is 0.0638. The molecule has 0 saturated heterocycles. The maximum Gasteiger partial charge on any atom is 0.319 e. The van der Waals surface area contributed by atoms with E-state index in [2.05, 4.69) is 15.2 Å². The Hall–Kier alpha value is -2.05. The summed E-state index contributed by atoms with van der Waals surface area (Å²) in [4.78, 5) is 12.2. The molecule has 1 aromatic carbocycles. The topological polar surface area (TPSA) is 75.5 Å². The highest BCUT2D eigenvalue weighted by molar-refractivity contribution is 5.93. The molecule has 2 amide bonds. The fourth-order valence-corrected chi connectivity index (χ4v) is 3.06. The van der Waals surface area contributed by atoms with Gasteiger partial charge in [0.25, 0.3) is 0 Å². The van der Waals surface area contributed by atoms with Crippen LogP contribution < -0.4 is 10.6 Å². The van der Waals surface area contributed by atoms with E-state index < -0.39 is 0 Å². The lowest BCUT2D eigenvalue weighted by molar-refractivity contribution is 0.188. The van der Waals surface area contributed by atoms with E-state index in [0.29, 0.717) is 18.9 Å². The number of methoxy groups -OCH3 is 1. The van der Waals surface area contributed by atoms with Crippen molar-refractivity contribution in [1.82, 2.24) is 9.88 Å². The molecular formula is C18H25N3O3. The monoisotopic (exact) mass is 331 g/mol. The van der Waals surface area contributed by atoms with Crippen LogP contribution in [0, 0.1) is 5.92 Å². The van der Waals surface area contributed by atoms with Crippen LogP contribution in [0.3, 0.4) is 0 Å². The van der Waals surface area contributed by atoms with Crippen LogP contribution in [0.25, 0.3) is 10.9 Å². The summed E-state index contributed by atoms with van der Waals surface area (Å²) in [7, 11) is 1.69. The van der Waals surface area contributed by atoms with Crippen LogP contribution in [-0.2, 0) is 11.3 Å². The Morgan fingerprint density at radius 3 is 2.96 bits per heavy atom. The van der Waals surface area contributed by atoms with Crippen molar-refractivity contribution in [3.63, 3.8) is 0 Å². The second-order valence-electron chi connectivity index (χ2n) is 6.33. The molecule has 0 aliphatic heterocycles. The number of hydrogen-bond acceptors (Lipinski definition) is 3. The molecule has 1 heterocycles. The van der Waals surface area contributed by atoms with Crippen LogP contribution in [0.1, 0.15) is 19.3 Å². The quantitative estimate of drug-likeness (QED) is 0.696. The van der Waals surface area contributed by atoms with Gasteiger partial charge in [-0.25, -0.2) is 4.79 Å². The summed E-state index contributed by atoms with van der Waals surface area (Å²) >= 11 is 0. The second-order valence-corrected chi connectivity index (χ2v) is 6.33. The van der Waals surface area contributed by atoms with Gasteiger partial charge in [-0.1, -0.05) is 0 Å². The average molecular weight is 331 g/mol. The molecule has 130 valence electrons. The first kappa shape index (κ1) is 16.8. The number of aromatic nitrogens is 1. The van der Waals surface area contributed by atoms with Gasteiger partial charge in [-0.3, -0.25) is 0 Å². The molecule has 6 nitrogen and oxygen atoms in total. The zero-order valence-electron chi connectivity index (χ0n) is 14.0. The zero-order chi connectivity index (χ0) is 16.9. The lowest BCUT2D eigenvalue weighted by Crippen LogP contribution is -2.39. The maximum atomic E-state index is 12.2. The third kappa shape index (κ3) is 4.07. The number of nitrogens with zero attached hydrogens (tertiary/aromatic N) is 1. The molecule has 2 aromatic rings. The molecule has 0 radical (unpaired) electrons. The van der Waals surface area contributed by atoms with E-state index in [1.54, 1.807) is 7.11 Å². The largest absolute Gasteiger partial charge is 0.396 e. The lowest BCUT2D eigenvalue weighted by Gasteiger charge is -2.17. The van der Waals surface area contributed by atoms with E-state index in [-0.39, 0.29) is 18.7 Å². The zero-order valence-corrected chi connectivity index (χ0v) is 14.0. The van der Waals surface area contributed by atoms with Crippen molar-refractivity contribution in [2.45, 2.75) is 31.8 Å². The molecule has 1 aliphatic rings. The molecule has 0 unspecified atom stereocenters. The summed E-state index contributed by atoms with van der Waals surface area (Å²) < 4.78 is 7.25. The smallest absolute Gasteiger partial charge is 0.319 e. The van der Waals surface area contributed by atoms with Crippen molar-refractivity contribution in [2.75, 3.05) is 25.6 Å². The highest BCUT2D eigenvalue weighted by Gasteiger charge is 2.31. The van der Waals surface area contributed by atoms with Gasteiger partial charge >= 0.3 is 6.03 Å². The third-order valence-corrected chi connectivity index (χ3v) is 4.51. The van der Waals surface area contributed by atoms with Gasteiger partial charge in [0.2, 0.25) is 0 Å². The van der Waals surface area contributed by atoms with E-state index >= 15 is 0 Å². The number of ether oxygens (including phenoxy) is 1. The summed E-state index contributed by atoms with van der Waals surface area (Å²) in [6.07, 6.45) is 4.90. The number of carbonyl (C=O) groups excluding carboxylic acids is 1. The van der Waals surface area contributed by atoms with Crippen molar-refractivity contribution >= 4 is 22.6 Å². The molecule has 24 heavy (non-hydrogen) atoms. The maximum absolute atomic E-state index is 12.2. The Labute approximate surface area is 141 Å². The molecule has 6 heteroatoms. The van der Waals surface area contributed by atoms with Gasteiger partial charge in [-0.05, 0) is 49.4 Å². The van der Waals surface area contributed by atoms with E-state index in [4.69, 9.17) is 9.84 Å². The normalized spacial score (nSPS) is 15.4. The molecule has 1 aliphatic carbocycles. The van der Waals surface area contributed by atoms with Gasteiger partial charge in [-0.15, -0.1) is 0 Å². The third-order valence-electron chi connectivity index (χ3n) is 4.51. The van der Waals surface area contributed by atoms with Crippen molar-refractivity contribution in [3.8, 4) is 0 Å². The van der Waals surface area contributed by atoms with E-state index in [0.717, 1.165) is 36.0 Å². The summed E-state index contributed by atoms with van der Waals surface area (Å²) in [5.74, 6) is 0.514. The van der Waals surface area contributed by atoms with Crippen molar-refractivity contribution in [2.24, 2.45) is 5.92 Å². The number of urea groups is 1.